The number of ether oxygens (including phenoxy) is 1. The molecule has 0 N–H and O–H groups in total. The van der Waals surface area contributed by atoms with E-state index in [1.54, 1.807) is 0 Å². The molecule has 2 nitrogen and oxygen atoms in total. The van der Waals surface area contributed by atoms with Crippen LogP contribution in [0.3, 0.4) is 0 Å². The molecule has 0 aromatic heterocycles. The van der Waals surface area contributed by atoms with E-state index in [0.29, 0.717) is 5.25 Å². The fourth-order valence-corrected chi connectivity index (χ4v) is 3.56. The standard InChI is InChI=1S/C12H22O2S/c1-9(12(13)14-3)10(2)15-11-7-5-4-6-8-11/h9-11H,4-8H2,1-3H3. The molecule has 0 spiro atoms. The molecule has 1 saturated carbocycles. The number of carbonyl (C=O) groups is 1. The van der Waals surface area contributed by atoms with Crippen LogP contribution in [0.1, 0.15) is 46.0 Å². The van der Waals surface area contributed by atoms with Gasteiger partial charge in [-0.25, -0.2) is 0 Å². The predicted octanol–water partition coefficient (Wildman–Crippen LogP) is 3.25. The summed E-state index contributed by atoms with van der Waals surface area (Å²) in [4.78, 5) is 11.4. The lowest BCUT2D eigenvalue weighted by atomic mass is 10.0. The third kappa shape index (κ3) is 4.06. The van der Waals surface area contributed by atoms with Crippen LogP contribution in [0.4, 0.5) is 0 Å². The Morgan fingerprint density at radius 2 is 1.87 bits per heavy atom. The lowest BCUT2D eigenvalue weighted by Gasteiger charge is -2.26. The molecule has 88 valence electrons. The second-order valence-electron chi connectivity index (χ2n) is 4.41. The molecule has 0 aromatic rings. The maximum atomic E-state index is 11.4. The van der Waals surface area contributed by atoms with Gasteiger partial charge in [-0.05, 0) is 12.8 Å². The van der Waals surface area contributed by atoms with Gasteiger partial charge in [0.15, 0.2) is 0 Å². The molecule has 3 heteroatoms. The average molecular weight is 230 g/mol. The van der Waals surface area contributed by atoms with Crippen molar-refractivity contribution in [1.29, 1.82) is 0 Å². The van der Waals surface area contributed by atoms with Crippen LogP contribution in [0.2, 0.25) is 0 Å². The van der Waals surface area contributed by atoms with Crippen molar-refractivity contribution in [2.24, 2.45) is 5.92 Å². The molecule has 0 saturated heterocycles. The van der Waals surface area contributed by atoms with E-state index in [-0.39, 0.29) is 11.9 Å². The minimum Gasteiger partial charge on any atom is -0.469 e. The Morgan fingerprint density at radius 3 is 2.40 bits per heavy atom. The van der Waals surface area contributed by atoms with Gasteiger partial charge in [-0.2, -0.15) is 11.8 Å². The number of carbonyl (C=O) groups excluding carboxylic acids is 1. The third-order valence-electron chi connectivity index (χ3n) is 3.24. The molecule has 0 heterocycles. The van der Waals surface area contributed by atoms with Crippen molar-refractivity contribution in [2.45, 2.75) is 56.5 Å². The summed E-state index contributed by atoms with van der Waals surface area (Å²) in [5.74, 6) is -0.0623. The van der Waals surface area contributed by atoms with E-state index in [9.17, 15) is 4.79 Å². The van der Waals surface area contributed by atoms with E-state index in [4.69, 9.17) is 4.74 Å². The van der Waals surface area contributed by atoms with Crippen molar-refractivity contribution >= 4 is 17.7 Å². The molecule has 1 rings (SSSR count). The highest BCUT2D eigenvalue weighted by atomic mass is 32.2. The van der Waals surface area contributed by atoms with E-state index in [2.05, 4.69) is 6.92 Å². The smallest absolute Gasteiger partial charge is 0.309 e. The van der Waals surface area contributed by atoms with E-state index < -0.39 is 0 Å². The molecule has 0 aromatic carbocycles. The molecule has 0 aliphatic heterocycles. The molecule has 2 unspecified atom stereocenters. The van der Waals surface area contributed by atoms with E-state index in [0.717, 1.165) is 5.25 Å². The summed E-state index contributed by atoms with van der Waals surface area (Å²) in [5.41, 5.74) is 0. The number of rotatable bonds is 4. The predicted molar refractivity (Wildman–Crippen MR) is 65.1 cm³/mol. The number of esters is 1. The van der Waals surface area contributed by atoms with Gasteiger partial charge in [0, 0.05) is 10.5 Å². The molecule has 0 amide bonds. The fourth-order valence-electron chi connectivity index (χ4n) is 2.00. The minimum atomic E-state index is -0.0780. The van der Waals surface area contributed by atoms with Gasteiger partial charge in [0.1, 0.15) is 0 Å². The second kappa shape index (κ2) is 6.41. The largest absolute Gasteiger partial charge is 0.469 e. The van der Waals surface area contributed by atoms with E-state index in [1.165, 1.54) is 39.2 Å². The fraction of sp³-hybridized carbons (Fsp3) is 0.917. The number of thioether (sulfide) groups is 1. The van der Waals surface area contributed by atoms with Crippen LogP contribution < -0.4 is 0 Å². The molecule has 1 aliphatic carbocycles. The van der Waals surface area contributed by atoms with Gasteiger partial charge in [0.2, 0.25) is 0 Å². The Labute approximate surface area is 97.1 Å². The normalized spacial score (nSPS) is 22.1. The number of hydrogen-bond acceptors (Lipinski definition) is 3. The first kappa shape index (κ1) is 12.9. The van der Waals surface area contributed by atoms with E-state index >= 15 is 0 Å². The first-order valence-corrected chi connectivity index (χ1v) is 6.82. The van der Waals surface area contributed by atoms with Gasteiger partial charge >= 0.3 is 5.97 Å². The molecular weight excluding hydrogens is 208 g/mol. The van der Waals surface area contributed by atoms with E-state index in [1.807, 2.05) is 18.7 Å². The zero-order valence-corrected chi connectivity index (χ0v) is 10.8. The van der Waals surface area contributed by atoms with Crippen LogP contribution in [-0.4, -0.2) is 23.6 Å². The zero-order chi connectivity index (χ0) is 11.3. The summed E-state index contributed by atoms with van der Waals surface area (Å²) in [6.07, 6.45) is 6.75. The molecule has 0 bridgehead atoms. The van der Waals surface area contributed by atoms with Gasteiger partial charge in [-0.3, -0.25) is 4.79 Å². The van der Waals surface area contributed by atoms with Crippen LogP contribution >= 0.6 is 11.8 Å². The summed E-state index contributed by atoms with van der Waals surface area (Å²) in [6.45, 7) is 4.10. The summed E-state index contributed by atoms with van der Waals surface area (Å²) < 4.78 is 4.77. The summed E-state index contributed by atoms with van der Waals surface area (Å²) in [7, 11) is 1.47. The Bertz CT molecular complexity index is 200. The first-order valence-electron chi connectivity index (χ1n) is 5.88. The third-order valence-corrected chi connectivity index (χ3v) is 4.93. The van der Waals surface area contributed by atoms with Crippen molar-refractivity contribution in [3.63, 3.8) is 0 Å². The van der Waals surface area contributed by atoms with Gasteiger partial charge in [-0.15, -0.1) is 0 Å². The summed E-state index contributed by atoms with van der Waals surface area (Å²) >= 11 is 1.97. The van der Waals surface area contributed by atoms with Crippen LogP contribution in [0.25, 0.3) is 0 Å². The lowest BCUT2D eigenvalue weighted by Crippen LogP contribution is -2.24. The molecule has 1 aliphatic rings. The summed E-state index contributed by atoms with van der Waals surface area (Å²) in [6, 6.07) is 0. The Kier molecular flexibility index (Phi) is 5.51. The Morgan fingerprint density at radius 1 is 1.27 bits per heavy atom. The van der Waals surface area contributed by atoms with Crippen molar-refractivity contribution in [2.75, 3.05) is 7.11 Å². The first-order chi connectivity index (χ1) is 7.15. The maximum Gasteiger partial charge on any atom is 0.309 e. The number of methoxy groups -OCH3 is 1. The van der Waals surface area contributed by atoms with Crippen LogP contribution in [0.15, 0.2) is 0 Å². The van der Waals surface area contributed by atoms with Crippen molar-refractivity contribution in [3.8, 4) is 0 Å². The van der Waals surface area contributed by atoms with Crippen molar-refractivity contribution in [1.82, 2.24) is 0 Å². The van der Waals surface area contributed by atoms with Gasteiger partial charge in [-0.1, -0.05) is 33.1 Å². The SMILES string of the molecule is COC(=O)C(C)C(C)SC1CCCCC1. The monoisotopic (exact) mass is 230 g/mol. The van der Waals surface area contributed by atoms with Crippen LogP contribution in [0, 0.1) is 5.92 Å². The van der Waals surface area contributed by atoms with Crippen molar-refractivity contribution < 1.29 is 9.53 Å². The lowest BCUT2D eigenvalue weighted by molar-refractivity contribution is -0.144. The van der Waals surface area contributed by atoms with Gasteiger partial charge in [0.05, 0.1) is 13.0 Å². The van der Waals surface area contributed by atoms with Gasteiger partial charge < -0.3 is 4.74 Å². The highest BCUT2D eigenvalue weighted by Gasteiger charge is 2.25. The van der Waals surface area contributed by atoms with Gasteiger partial charge in [0.25, 0.3) is 0 Å². The molecule has 1 fully saturated rings. The minimum absolute atomic E-state index is 0.0157. The summed E-state index contributed by atoms with van der Waals surface area (Å²) in [5, 5.41) is 1.14. The Hall–Kier alpha value is -0.180. The molecule has 15 heavy (non-hydrogen) atoms. The highest BCUT2D eigenvalue weighted by Crippen LogP contribution is 2.33. The van der Waals surface area contributed by atoms with Crippen LogP contribution in [0.5, 0.6) is 0 Å². The zero-order valence-electron chi connectivity index (χ0n) is 9.99. The second-order valence-corrected chi connectivity index (χ2v) is 6.10. The van der Waals surface area contributed by atoms with Crippen molar-refractivity contribution in [3.05, 3.63) is 0 Å². The Balaban J connectivity index is 2.32. The molecule has 2 atom stereocenters. The van der Waals surface area contributed by atoms with Crippen LogP contribution in [-0.2, 0) is 9.53 Å². The number of hydrogen-bond donors (Lipinski definition) is 0. The average Bonchev–Trinajstić information content (AvgIpc) is 2.28. The molecule has 0 radical (unpaired) electrons. The highest BCUT2D eigenvalue weighted by molar-refractivity contribution is 8.00. The maximum absolute atomic E-state index is 11.4. The molecular formula is C12H22O2S. The quantitative estimate of drug-likeness (QED) is 0.693. The topological polar surface area (TPSA) is 26.3 Å².